The van der Waals surface area contributed by atoms with Crippen LogP contribution in [-0.4, -0.2) is 33.2 Å². The molecule has 0 unspecified atom stereocenters. The first-order valence-corrected chi connectivity index (χ1v) is 10.4. The molecule has 0 aliphatic carbocycles. The fourth-order valence-corrected chi connectivity index (χ4v) is 3.97. The molecule has 1 aliphatic rings. The van der Waals surface area contributed by atoms with E-state index in [9.17, 15) is 9.59 Å². The van der Waals surface area contributed by atoms with Gasteiger partial charge in [0.05, 0.1) is 12.2 Å². The minimum atomic E-state index is -0.455. The Morgan fingerprint density at radius 2 is 1.72 bits per heavy atom. The Hall–Kier alpha value is -3.19. The summed E-state index contributed by atoms with van der Waals surface area (Å²) >= 11 is 1.48. The molecule has 1 aliphatic heterocycles. The first-order valence-electron chi connectivity index (χ1n) is 9.43. The number of benzene rings is 2. The standard InChI is InChI=1S/C22H20N4O2S/c1-2-26-21(28)18(20(27)24-22-23-13-14-29-22)17(15-9-5-3-6-10-15)19(25-26)16-11-7-4-8-12-16/h3-12H,2,13-14H2,1H3,(H,23,24,27). The number of hydrogen-bond donors (Lipinski definition) is 1. The minimum absolute atomic E-state index is 0.0853. The van der Waals surface area contributed by atoms with Crippen LogP contribution in [0.5, 0.6) is 0 Å². The smallest absolute Gasteiger partial charge is 0.280 e. The van der Waals surface area contributed by atoms with Crippen LogP contribution in [0, 0.1) is 0 Å². The summed E-state index contributed by atoms with van der Waals surface area (Å²) < 4.78 is 1.34. The Kier molecular flexibility index (Phi) is 5.57. The van der Waals surface area contributed by atoms with E-state index in [1.807, 2.05) is 67.6 Å². The summed E-state index contributed by atoms with van der Waals surface area (Å²) in [4.78, 5) is 30.7. The summed E-state index contributed by atoms with van der Waals surface area (Å²) in [5.74, 6) is 0.371. The summed E-state index contributed by atoms with van der Waals surface area (Å²) in [6.07, 6.45) is 0. The van der Waals surface area contributed by atoms with Crippen molar-refractivity contribution < 1.29 is 4.79 Å². The maximum absolute atomic E-state index is 13.2. The number of rotatable bonds is 4. The van der Waals surface area contributed by atoms with Gasteiger partial charge in [-0.05, 0) is 12.5 Å². The van der Waals surface area contributed by atoms with Crippen molar-refractivity contribution in [1.82, 2.24) is 15.1 Å². The number of carbonyl (C=O) groups excluding carboxylic acids is 1. The highest BCUT2D eigenvalue weighted by atomic mass is 32.2. The van der Waals surface area contributed by atoms with Crippen molar-refractivity contribution in [3.8, 4) is 22.4 Å². The number of aryl methyl sites for hydroxylation is 1. The Morgan fingerprint density at radius 3 is 2.31 bits per heavy atom. The third-order valence-electron chi connectivity index (χ3n) is 4.60. The second-order valence-corrected chi connectivity index (χ2v) is 7.52. The molecule has 3 aromatic rings. The Balaban J connectivity index is 1.99. The average molecular weight is 404 g/mol. The molecule has 0 radical (unpaired) electrons. The summed E-state index contributed by atoms with van der Waals surface area (Å²) in [7, 11) is 0. The van der Waals surface area contributed by atoms with Crippen molar-refractivity contribution in [2.24, 2.45) is 4.99 Å². The highest BCUT2D eigenvalue weighted by molar-refractivity contribution is 8.14. The number of thioether (sulfide) groups is 1. The molecule has 4 rings (SSSR count). The summed E-state index contributed by atoms with van der Waals surface area (Å²) in [6, 6.07) is 19.0. The zero-order valence-electron chi connectivity index (χ0n) is 16.0. The molecule has 7 heteroatoms. The van der Waals surface area contributed by atoms with E-state index in [2.05, 4.69) is 15.4 Å². The zero-order valence-corrected chi connectivity index (χ0v) is 16.8. The van der Waals surface area contributed by atoms with Crippen LogP contribution in [0.15, 0.2) is 70.5 Å². The molecule has 0 saturated carbocycles. The molecular weight excluding hydrogens is 384 g/mol. The molecular formula is C22H20N4O2S. The highest BCUT2D eigenvalue weighted by Crippen LogP contribution is 2.32. The van der Waals surface area contributed by atoms with Gasteiger partial charge >= 0.3 is 0 Å². The molecule has 1 N–H and O–H groups in total. The van der Waals surface area contributed by atoms with Crippen LogP contribution in [-0.2, 0) is 6.54 Å². The van der Waals surface area contributed by atoms with E-state index in [1.165, 1.54) is 16.4 Å². The van der Waals surface area contributed by atoms with Gasteiger partial charge in [0.2, 0.25) is 0 Å². The van der Waals surface area contributed by atoms with Crippen molar-refractivity contribution in [2.75, 3.05) is 12.3 Å². The molecule has 0 atom stereocenters. The Morgan fingerprint density at radius 1 is 1.07 bits per heavy atom. The van der Waals surface area contributed by atoms with Gasteiger partial charge in [0.1, 0.15) is 5.56 Å². The number of aromatic nitrogens is 2. The number of nitrogens with one attached hydrogen (secondary N) is 1. The van der Waals surface area contributed by atoms with Gasteiger partial charge in [-0.15, -0.1) is 0 Å². The van der Waals surface area contributed by atoms with Crippen molar-refractivity contribution in [3.63, 3.8) is 0 Å². The van der Waals surface area contributed by atoms with Gasteiger partial charge in [-0.3, -0.25) is 14.6 Å². The van der Waals surface area contributed by atoms with Crippen LogP contribution in [0.4, 0.5) is 0 Å². The number of amidine groups is 1. The lowest BCUT2D eigenvalue weighted by atomic mass is 9.95. The van der Waals surface area contributed by atoms with Gasteiger partial charge < -0.3 is 5.32 Å². The molecule has 1 aromatic heterocycles. The number of nitrogens with zero attached hydrogens (tertiary/aromatic N) is 3. The van der Waals surface area contributed by atoms with Gasteiger partial charge in [0, 0.05) is 23.4 Å². The van der Waals surface area contributed by atoms with Gasteiger partial charge in [-0.25, -0.2) is 4.68 Å². The summed E-state index contributed by atoms with van der Waals surface area (Å²) in [5.41, 5.74) is 2.42. The van der Waals surface area contributed by atoms with Crippen LogP contribution >= 0.6 is 11.8 Å². The second kappa shape index (κ2) is 8.45. The molecule has 146 valence electrons. The van der Waals surface area contributed by atoms with Crippen LogP contribution in [0.3, 0.4) is 0 Å². The molecule has 2 heterocycles. The van der Waals surface area contributed by atoms with E-state index < -0.39 is 11.5 Å². The molecule has 1 amide bonds. The maximum Gasteiger partial charge on any atom is 0.280 e. The van der Waals surface area contributed by atoms with Crippen molar-refractivity contribution >= 4 is 22.8 Å². The molecule has 29 heavy (non-hydrogen) atoms. The van der Waals surface area contributed by atoms with Gasteiger partial charge in [-0.2, -0.15) is 5.10 Å². The van der Waals surface area contributed by atoms with Crippen molar-refractivity contribution in [3.05, 3.63) is 76.6 Å². The monoisotopic (exact) mass is 404 g/mol. The highest BCUT2D eigenvalue weighted by Gasteiger charge is 2.26. The SMILES string of the molecule is CCn1nc(-c2ccccc2)c(-c2ccccc2)c(C(=O)NC2=NCCS2)c1=O. The van der Waals surface area contributed by atoms with E-state index in [-0.39, 0.29) is 5.56 Å². The number of carbonyl (C=O) groups is 1. The topological polar surface area (TPSA) is 76.3 Å². The van der Waals surface area contributed by atoms with Crippen molar-refractivity contribution in [2.45, 2.75) is 13.5 Å². The Bertz CT molecular complexity index is 1120. The lowest BCUT2D eigenvalue weighted by Crippen LogP contribution is -2.37. The van der Waals surface area contributed by atoms with Gasteiger partial charge in [-0.1, -0.05) is 72.4 Å². The zero-order chi connectivity index (χ0) is 20.2. The van der Waals surface area contributed by atoms with Crippen LogP contribution < -0.4 is 10.9 Å². The largest absolute Gasteiger partial charge is 0.301 e. The first-order chi connectivity index (χ1) is 14.2. The van der Waals surface area contributed by atoms with Gasteiger partial charge in [0.15, 0.2) is 5.17 Å². The Labute approximate surface area is 172 Å². The van der Waals surface area contributed by atoms with Gasteiger partial charge in [0.25, 0.3) is 11.5 Å². The normalized spacial score (nSPS) is 13.2. The van der Waals surface area contributed by atoms with E-state index in [0.717, 1.165) is 16.9 Å². The van der Waals surface area contributed by atoms with Crippen LogP contribution in [0.25, 0.3) is 22.4 Å². The quantitative estimate of drug-likeness (QED) is 0.723. The molecule has 2 aromatic carbocycles. The number of amides is 1. The summed E-state index contributed by atoms with van der Waals surface area (Å²) in [6.45, 7) is 2.87. The predicted molar refractivity (Wildman–Crippen MR) is 117 cm³/mol. The average Bonchev–Trinajstić information content (AvgIpc) is 3.27. The van der Waals surface area contributed by atoms with E-state index >= 15 is 0 Å². The summed E-state index contributed by atoms with van der Waals surface area (Å²) in [5, 5.41) is 7.96. The lowest BCUT2D eigenvalue weighted by Gasteiger charge is -2.16. The molecule has 0 bridgehead atoms. The minimum Gasteiger partial charge on any atom is -0.301 e. The van der Waals surface area contributed by atoms with E-state index in [1.54, 1.807) is 0 Å². The lowest BCUT2D eigenvalue weighted by molar-refractivity contribution is 0.0976. The third kappa shape index (κ3) is 3.86. The third-order valence-corrected chi connectivity index (χ3v) is 5.49. The molecule has 0 fully saturated rings. The van der Waals surface area contributed by atoms with Crippen LogP contribution in [0.2, 0.25) is 0 Å². The van der Waals surface area contributed by atoms with E-state index in [4.69, 9.17) is 0 Å². The molecule has 0 spiro atoms. The van der Waals surface area contributed by atoms with E-state index in [0.29, 0.717) is 29.5 Å². The van der Waals surface area contributed by atoms with Crippen molar-refractivity contribution in [1.29, 1.82) is 0 Å². The predicted octanol–water partition coefficient (Wildman–Crippen LogP) is 3.43. The fraction of sp³-hybridized carbons (Fsp3) is 0.182. The van der Waals surface area contributed by atoms with Crippen LogP contribution in [0.1, 0.15) is 17.3 Å². The fourth-order valence-electron chi connectivity index (χ4n) is 3.25. The first kappa shape index (κ1) is 19.1. The second-order valence-electron chi connectivity index (χ2n) is 6.44. The molecule has 6 nitrogen and oxygen atoms in total. The molecule has 0 saturated heterocycles. The number of hydrogen-bond acceptors (Lipinski definition) is 5. The number of aliphatic imine (C=N–C) groups is 1. The maximum atomic E-state index is 13.2.